The summed E-state index contributed by atoms with van der Waals surface area (Å²) in [7, 11) is 0. The fraction of sp³-hybridized carbons (Fsp3) is 0.308. The molecular formula is C13H13N5S2. The zero-order chi connectivity index (χ0) is 13.5. The summed E-state index contributed by atoms with van der Waals surface area (Å²) >= 11 is 3.36. The Bertz CT molecular complexity index is 728. The number of rotatable bonds is 2. The first-order valence-corrected chi connectivity index (χ1v) is 8.23. The summed E-state index contributed by atoms with van der Waals surface area (Å²) in [6.07, 6.45) is 2.84. The maximum absolute atomic E-state index is 4.71. The van der Waals surface area contributed by atoms with Crippen LogP contribution in [0.4, 0.5) is 5.95 Å². The minimum absolute atomic E-state index is 0.202. The Morgan fingerprint density at radius 2 is 2.30 bits per heavy atom. The van der Waals surface area contributed by atoms with E-state index in [4.69, 9.17) is 5.10 Å². The van der Waals surface area contributed by atoms with E-state index in [-0.39, 0.29) is 6.04 Å². The van der Waals surface area contributed by atoms with Crippen LogP contribution in [0.25, 0.3) is 10.7 Å². The highest BCUT2D eigenvalue weighted by molar-refractivity contribution is 7.13. The van der Waals surface area contributed by atoms with Crippen LogP contribution in [0, 0.1) is 6.92 Å². The molecule has 4 heterocycles. The maximum atomic E-state index is 4.71. The SMILES string of the molecule is Cc1ccsc1-c1nc2n(n1)C(c1nccs1)CCN2. The Morgan fingerprint density at radius 3 is 3.05 bits per heavy atom. The molecule has 4 rings (SSSR count). The average molecular weight is 303 g/mol. The van der Waals surface area contributed by atoms with E-state index < -0.39 is 0 Å². The predicted molar refractivity (Wildman–Crippen MR) is 81.4 cm³/mol. The third kappa shape index (κ3) is 1.85. The quantitative estimate of drug-likeness (QED) is 0.790. The molecule has 102 valence electrons. The van der Waals surface area contributed by atoms with E-state index in [0.29, 0.717) is 0 Å². The van der Waals surface area contributed by atoms with Gasteiger partial charge in [-0.2, -0.15) is 4.98 Å². The number of aryl methyl sites for hydroxylation is 1. The van der Waals surface area contributed by atoms with Crippen LogP contribution in [0.1, 0.15) is 23.0 Å². The minimum Gasteiger partial charge on any atom is -0.354 e. The Labute approximate surface area is 124 Å². The molecule has 0 aliphatic carbocycles. The van der Waals surface area contributed by atoms with Crippen LogP contribution in [0.5, 0.6) is 0 Å². The van der Waals surface area contributed by atoms with Crippen molar-refractivity contribution in [3.05, 3.63) is 33.6 Å². The molecule has 5 nitrogen and oxygen atoms in total. The second kappa shape index (κ2) is 4.68. The molecule has 1 N–H and O–H groups in total. The molecule has 1 atom stereocenters. The first-order valence-electron chi connectivity index (χ1n) is 6.47. The van der Waals surface area contributed by atoms with E-state index in [0.717, 1.165) is 34.6 Å². The molecule has 0 saturated carbocycles. The molecule has 0 fully saturated rings. The van der Waals surface area contributed by atoms with Gasteiger partial charge >= 0.3 is 0 Å². The molecule has 7 heteroatoms. The molecule has 3 aromatic rings. The van der Waals surface area contributed by atoms with Crippen LogP contribution in [0.15, 0.2) is 23.0 Å². The molecule has 1 unspecified atom stereocenters. The number of hydrogen-bond acceptors (Lipinski definition) is 6. The van der Waals surface area contributed by atoms with Crippen molar-refractivity contribution in [1.82, 2.24) is 19.7 Å². The molecule has 0 aromatic carbocycles. The van der Waals surface area contributed by atoms with Gasteiger partial charge in [0.1, 0.15) is 11.0 Å². The van der Waals surface area contributed by atoms with E-state index in [2.05, 4.69) is 33.7 Å². The highest BCUT2D eigenvalue weighted by Gasteiger charge is 2.26. The molecular weight excluding hydrogens is 290 g/mol. The maximum Gasteiger partial charge on any atom is 0.222 e. The molecule has 0 spiro atoms. The number of fused-ring (bicyclic) bond motifs is 1. The number of nitrogens with one attached hydrogen (secondary N) is 1. The first-order chi connectivity index (χ1) is 9.83. The van der Waals surface area contributed by atoms with Crippen LogP contribution < -0.4 is 5.32 Å². The highest BCUT2D eigenvalue weighted by atomic mass is 32.1. The van der Waals surface area contributed by atoms with Gasteiger partial charge in [0.2, 0.25) is 5.95 Å². The average Bonchev–Trinajstić information content (AvgIpc) is 3.17. The van der Waals surface area contributed by atoms with Crippen molar-refractivity contribution < 1.29 is 0 Å². The van der Waals surface area contributed by atoms with E-state index in [1.807, 2.05) is 16.3 Å². The Kier molecular flexibility index (Phi) is 2.82. The van der Waals surface area contributed by atoms with Crippen LogP contribution >= 0.6 is 22.7 Å². The zero-order valence-corrected chi connectivity index (χ0v) is 12.5. The van der Waals surface area contributed by atoms with E-state index in [1.165, 1.54) is 5.56 Å². The fourth-order valence-electron chi connectivity index (χ4n) is 2.43. The van der Waals surface area contributed by atoms with Gasteiger partial charge in [0, 0.05) is 18.1 Å². The lowest BCUT2D eigenvalue weighted by atomic mass is 10.2. The lowest BCUT2D eigenvalue weighted by Crippen LogP contribution is -2.24. The summed E-state index contributed by atoms with van der Waals surface area (Å²) < 4.78 is 1.98. The predicted octanol–water partition coefficient (Wildman–Crippen LogP) is 3.18. The number of thiophene rings is 1. The fourth-order valence-corrected chi connectivity index (χ4v) is 4.04. The summed E-state index contributed by atoms with van der Waals surface area (Å²) in [6, 6.07) is 2.30. The largest absolute Gasteiger partial charge is 0.354 e. The van der Waals surface area contributed by atoms with Crippen molar-refractivity contribution in [3.63, 3.8) is 0 Å². The minimum atomic E-state index is 0.202. The summed E-state index contributed by atoms with van der Waals surface area (Å²) in [5.74, 6) is 1.66. The van der Waals surface area contributed by atoms with Gasteiger partial charge in [-0.15, -0.1) is 27.8 Å². The molecule has 0 radical (unpaired) electrons. The molecule has 3 aromatic heterocycles. The van der Waals surface area contributed by atoms with E-state index in [1.54, 1.807) is 22.7 Å². The summed E-state index contributed by atoms with van der Waals surface area (Å²) in [6.45, 7) is 3.00. The van der Waals surface area contributed by atoms with Gasteiger partial charge in [0.25, 0.3) is 0 Å². The van der Waals surface area contributed by atoms with Crippen LogP contribution in [0.2, 0.25) is 0 Å². The van der Waals surface area contributed by atoms with Crippen molar-refractivity contribution in [1.29, 1.82) is 0 Å². The normalized spacial score (nSPS) is 17.8. The molecule has 0 saturated heterocycles. The summed E-state index contributed by atoms with van der Waals surface area (Å²) in [5, 5.41) is 13.2. The Balaban J connectivity index is 1.80. The van der Waals surface area contributed by atoms with Crippen LogP contribution in [0.3, 0.4) is 0 Å². The van der Waals surface area contributed by atoms with Gasteiger partial charge in [-0.3, -0.25) is 0 Å². The molecule has 20 heavy (non-hydrogen) atoms. The Hall–Kier alpha value is -1.73. The van der Waals surface area contributed by atoms with Gasteiger partial charge in [-0.1, -0.05) is 0 Å². The van der Waals surface area contributed by atoms with Crippen molar-refractivity contribution in [2.45, 2.75) is 19.4 Å². The zero-order valence-electron chi connectivity index (χ0n) is 10.9. The number of nitrogens with zero attached hydrogens (tertiary/aromatic N) is 4. The molecule has 0 amide bonds. The topological polar surface area (TPSA) is 55.6 Å². The van der Waals surface area contributed by atoms with Gasteiger partial charge in [0.05, 0.1) is 4.88 Å². The number of thiazole rings is 1. The second-order valence-corrected chi connectivity index (χ2v) is 6.58. The third-order valence-corrected chi connectivity index (χ3v) is 5.32. The molecule has 0 bridgehead atoms. The van der Waals surface area contributed by atoms with E-state index >= 15 is 0 Å². The number of aromatic nitrogens is 4. The number of anilines is 1. The Morgan fingerprint density at radius 1 is 1.35 bits per heavy atom. The lowest BCUT2D eigenvalue weighted by molar-refractivity contribution is 0.479. The smallest absolute Gasteiger partial charge is 0.222 e. The first kappa shape index (κ1) is 12.0. The van der Waals surface area contributed by atoms with Crippen LogP contribution in [-0.2, 0) is 0 Å². The highest BCUT2D eigenvalue weighted by Crippen LogP contribution is 2.33. The van der Waals surface area contributed by atoms with E-state index in [9.17, 15) is 0 Å². The summed E-state index contributed by atoms with van der Waals surface area (Å²) in [4.78, 5) is 10.2. The monoisotopic (exact) mass is 303 g/mol. The molecule has 1 aliphatic rings. The summed E-state index contributed by atoms with van der Waals surface area (Å²) in [5.41, 5.74) is 1.23. The van der Waals surface area contributed by atoms with Gasteiger partial charge in [-0.05, 0) is 30.4 Å². The molecule has 1 aliphatic heterocycles. The lowest BCUT2D eigenvalue weighted by Gasteiger charge is -2.22. The third-order valence-electron chi connectivity index (χ3n) is 3.43. The van der Waals surface area contributed by atoms with Crippen molar-refractivity contribution in [3.8, 4) is 10.7 Å². The van der Waals surface area contributed by atoms with Crippen molar-refractivity contribution in [2.75, 3.05) is 11.9 Å². The van der Waals surface area contributed by atoms with Gasteiger partial charge in [0.15, 0.2) is 5.82 Å². The van der Waals surface area contributed by atoms with Crippen molar-refractivity contribution >= 4 is 28.6 Å². The van der Waals surface area contributed by atoms with Crippen molar-refractivity contribution in [2.24, 2.45) is 0 Å². The standard InChI is InChI=1S/C13H13N5S2/c1-8-3-6-19-10(8)11-16-13-15-4-2-9(18(13)17-11)12-14-5-7-20-12/h3,5-7,9H,2,4H2,1H3,(H,15,16,17). The van der Waals surface area contributed by atoms with Crippen LogP contribution in [-0.4, -0.2) is 26.3 Å². The van der Waals surface area contributed by atoms with Gasteiger partial charge in [-0.25, -0.2) is 9.67 Å². The van der Waals surface area contributed by atoms with Gasteiger partial charge < -0.3 is 5.32 Å². The second-order valence-electron chi connectivity index (χ2n) is 4.74. The number of hydrogen-bond donors (Lipinski definition) is 1.